The van der Waals surface area contributed by atoms with Crippen LogP contribution in [0.15, 0.2) is 16.2 Å². The second kappa shape index (κ2) is 6.33. The molecular weight excluding hydrogens is 280 g/mol. The number of rotatable bonds is 4. The summed E-state index contributed by atoms with van der Waals surface area (Å²) in [6, 6.07) is 0. The van der Waals surface area contributed by atoms with E-state index in [1.165, 1.54) is 7.11 Å². The van der Waals surface area contributed by atoms with Gasteiger partial charge in [-0.25, -0.2) is 4.79 Å². The van der Waals surface area contributed by atoms with Crippen molar-refractivity contribution in [3.63, 3.8) is 0 Å². The first kappa shape index (κ1) is 15.2. The Hall–Kier alpha value is -1.88. The second-order valence-corrected chi connectivity index (χ2v) is 4.28. The highest BCUT2D eigenvalue weighted by Crippen LogP contribution is 2.28. The number of terminal acetylenes is 1. The van der Waals surface area contributed by atoms with Gasteiger partial charge < -0.3 is 9.47 Å². The molecule has 0 spiro atoms. The van der Waals surface area contributed by atoms with Crippen LogP contribution < -0.4 is 0 Å². The lowest BCUT2D eigenvalue weighted by molar-refractivity contribution is -0.166. The van der Waals surface area contributed by atoms with Crippen LogP contribution in [-0.2, 0) is 19.1 Å². The number of hydrogen-bond donors (Lipinski definition) is 0. The first-order valence-corrected chi connectivity index (χ1v) is 5.79. The summed E-state index contributed by atoms with van der Waals surface area (Å²) in [5, 5.41) is 0.0476. The van der Waals surface area contributed by atoms with Gasteiger partial charge in [-0.15, -0.1) is 12.3 Å². The van der Waals surface area contributed by atoms with E-state index in [1.54, 1.807) is 0 Å². The Labute approximate surface area is 112 Å². The predicted molar refractivity (Wildman–Crippen MR) is 64.2 cm³/mol. The highest BCUT2D eigenvalue weighted by Gasteiger charge is 2.40. The molecule has 0 saturated heterocycles. The van der Waals surface area contributed by atoms with E-state index in [-0.39, 0.29) is 16.6 Å². The van der Waals surface area contributed by atoms with E-state index in [4.69, 9.17) is 6.42 Å². The van der Waals surface area contributed by atoms with E-state index in [1.807, 2.05) is 5.92 Å². The molecule has 0 radical (unpaired) electrons. The van der Waals surface area contributed by atoms with Crippen molar-refractivity contribution < 1.29 is 27.8 Å². The van der Waals surface area contributed by atoms with Crippen LogP contribution in [0.1, 0.15) is 12.8 Å². The van der Waals surface area contributed by atoms with Gasteiger partial charge >= 0.3 is 11.9 Å². The zero-order valence-electron chi connectivity index (χ0n) is 9.81. The number of aliphatic imine (C=N–C) groups is 1. The van der Waals surface area contributed by atoms with E-state index in [9.17, 15) is 18.4 Å². The predicted octanol–water partition coefficient (Wildman–Crippen LogP) is 1.70. The molecule has 1 aliphatic rings. The molecule has 1 amide bonds. The molecule has 1 heterocycles. The zero-order chi connectivity index (χ0) is 14.5. The fraction of sp³-hybridized carbons (Fsp3) is 0.364. The Morgan fingerprint density at radius 3 is 2.84 bits per heavy atom. The lowest BCUT2D eigenvalue weighted by Crippen LogP contribution is -2.29. The normalized spacial score (nSPS) is 17.1. The number of methoxy groups -OCH3 is 1. The van der Waals surface area contributed by atoms with Crippen LogP contribution in [0.2, 0.25) is 0 Å². The van der Waals surface area contributed by atoms with Crippen molar-refractivity contribution in [3.8, 4) is 12.3 Å². The third-order valence-corrected chi connectivity index (χ3v) is 2.85. The largest absolute Gasteiger partial charge is 0.476 e. The van der Waals surface area contributed by atoms with Crippen molar-refractivity contribution in [2.75, 3.05) is 7.11 Å². The molecule has 0 atom stereocenters. The molecular formula is C11H9F2NO4S. The van der Waals surface area contributed by atoms with Gasteiger partial charge in [0.2, 0.25) is 0 Å². The second-order valence-electron chi connectivity index (χ2n) is 3.29. The molecule has 1 rings (SSSR count). The highest BCUT2D eigenvalue weighted by atomic mass is 32.2. The van der Waals surface area contributed by atoms with Crippen LogP contribution in [0.5, 0.6) is 0 Å². The fourth-order valence-corrected chi connectivity index (χ4v) is 1.61. The van der Waals surface area contributed by atoms with Crippen LogP contribution in [0.3, 0.4) is 0 Å². The average Bonchev–Trinajstić information content (AvgIpc) is 2.74. The maximum Gasteiger partial charge on any atom is 0.381 e. The first-order chi connectivity index (χ1) is 8.90. The topological polar surface area (TPSA) is 65.0 Å². The number of carbonyl (C=O) groups is 2. The van der Waals surface area contributed by atoms with E-state index in [2.05, 4.69) is 14.5 Å². The molecule has 0 bridgehead atoms. The summed E-state index contributed by atoms with van der Waals surface area (Å²) in [5.74, 6) is -4.18. The van der Waals surface area contributed by atoms with Crippen molar-refractivity contribution >= 4 is 28.9 Å². The molecule has 0 aliphatic carbocycles. The molecule has 0 aromatic heterocycles. The summed E-state index contributed by atoms with van der Waals surface area (Å²) in [5.41, 5.74) is 0. The van der Waals surface area contributed by atoms with Crippen molar-refractivity contribution in [3.05, 3.63) is 11.2 Å². The smallest absolute Gasteiger partial charge is 0.381 e. The molecule has 0 unspecified atom stereocenters. The number of ether oxygens (including phenoxy) is 2. The minimum absolute atomic E-state index is 0.0476. The van der Waals surface area contributed by atoms with Gasteiger partial charge in [0.05, 0.1) is 7.11 Å². The molecule has 0 saturated carbocycles. The van der Waals surface area contributed by atoms with Crippen LogP contribution in [0, 0.1) is 12.3 Å². The summed E-state index contributed by atoms with van der Waals surface area (Å²) in [4.78, 5) is 25.6. The number of carbonyl (C=O) groups excluding carboxylic acids is 2. The Kier molecular flexibility index (Phi) is 5.06. The lowest BCUT2D eigenvalue weighted by Gasteiger charge is -2.11. The van der Waals surface area contributed by atoms with Gasteiger partial charge in [0, 0.05) is 12.8 Å². The highest BCUT2D eigenvalue weighted by molar-refractivity contribution is 8.18. The molecule has 5 nitrogen and oxygen atoms in total. The molecule has 0 aromatic carbocycles. The standard InChI is InChI=1S/C11H9F2NO4S/c1-3-4-5-11(12,13)9(16)18-6-7-8(15)14-10(17-2)19-7/h1,6H,4-5H2,2H3/b7-6+. The van der Waals surface area contributed by atoms with Gasteiger partial charge in [-0.05, 0) is 11.8 Å². The van der Waals surface area contributed by atoms with Crippen LogP contribution in [0.4, 0.5) is 8.78 Å². The number of hydrogen-bond acceptors (Lipinski definition) is 5. The summed E-state index contributed by atoms with van der Waals surface area (Å²) >= 11 is 0.774. The van der Waals surface area contributed by atoms with Gasteiger partial charge in [-0.3, -0.25) is 4.79 Å². The molecule has 0 N–H and O–H groups in total. The Morgan fingerprint density at radius 2 is 2.32 bits per heavy atom. The number of thioether (sulfide) groups is 1. The number of amides is 1. The SMILES string of the molecule is C#CCCC(F)(F)C(=O)O/C=C1/SC(OC)=NC1=O. The maximum absolute atomic E-state index is 13.2. The van der Waals surface area contributed by atoms with E-state index < -0.39 is 24.2 Å². The molecule has 0 aromatic rings. The van der Waals surface area contributed by atoms with E-state index in [0.717, 1.165) is 11.8 Å². The molecule has 19 heavy (non-hydrogen) atoms. The van der Waals surface area contributed by atoms with Crippen LogP contribution >= 0.6 is 11.8 Å². The summed E-state index contributed by atoms with van der Waals surface area (Å²) in [6.07, 6.45) is 4.39. The number of halogens is 2. The van der Waals surface area contributed by atoms with Gasteiger partial charge in [0.15, 0.2) is 0 Å². The Balaban J connectivity index is 2.60. The maximum atomic E-state index is 13.2. The molecule has 1 aliphatic heterocycles. The van der Waals surface area contributed by atoms with Crippen LogP contribution in [0.25, 0.3) is 0 Å². The fourth-order valence-electron chi connectivity index (χ4n) is 0.985. The summed E-state index contributed by atoms with van der Waals surface area (Å²) in [7, 11) is 1.29. The van der Waals surface area contributed by atoms with Gasteiger partial charge in [0.25, 0.3) is 11.1 Å². The lowest BCUT2D eigenvalue weighted by atomic mass is 10.2. The monoisotopic (exact) mass is 289 g/mol. The minimum Gasteiger partial charge on any atom is -0.476 e. The third kappa shape index (κ3) is 4.06. The summed E-state index contributed by atoms with van der Waals surface area (Å²) in [6.45, 7) is 0. The van der Waals surface area contributed by atoms with E-state index >= 15 is 0 Å². The molecule has 8 heteroatoms. The molecule has 0 fully saturated rings. The first-order valence-electron chi connectivity index (χ1n) is 4.98. The van der Waals surface area contributed by atoms with Crippen molar-refractivity contribution in [1.82, 2.24) is 0 Å². The van der Waals surface area contributed by atoms with Gasteiger partial charge in [-0.2, -0.15) is 13.8 Å². The number of nitrogens with zero attached hydrogens (tertiary/aromatic N) is 1. The van der Waals surface area contributed by atoms with Gasteiger partial charge in [0.1, 0.15) is 11.2 Å². The summed E-state index contributed by atoms with van der Waals surface area (Å²) < 4.78 is 35.3. The number of esters is 1. The minimum atomic E-state index is -3.69. The van der Waals surface area contributed by atoms with Gasteiger partial charge in [-0.1, -0.05) is 0 Å². The number of alkyl halides is 2. The average molecular weight is 289 g/mol. The van der Waals surface area contributed by atoms with Crippen molar-refractivity contribution in [1.29, 1.82) is 0 Å². The van der Waals surface area contributed by atoms with Crippen LogP contribution in [-0.4, -0.2) is 30.1 Å². The zero-order valence-corrected chi connectivity index (χ0v) is 10.6. The Bertz CT molecular complexity index is 493. The Morgan fingerprint density at radius 1 is 1.63 bits per heavy atom. The third-order valence-electron chi connectivity index (χ3n) is 1.93. The van der Waals surface area contributed by atoms with E-state index in [0.29, 0.717) is 6.26 Å². The van der Waals surface area contributed by atoms with Crippen molar-refractivity contribution in [2.45, 2.75) is 18.8 Å². The molecule has 102 valence electrons. The quantitative estimate of drug-likeness (QED) is 0.341. The van der Waals surface area contributed by atoms with Crippen molar-refractivity contribution in [2.24, 2.45) is 4.99 Å².